The highest BCUT2D eigenvalue weighted by Crippen LogP contribution is 2.21. The molecule has 0 aliphatic heterocycles. The Morgan fingerprint density at radius 1 is 1.17 bits per heavy atom. The second-order valence-corrected chi connectivity index (χ2v) is 6.43. The lowest BCUT2D eigenvalue weighted by Gasteiger charge is -2.16. The van der Waals surface area contributed by atoms with Crippen molar-refractivity contribution >= 4 is 10.9 Å². The molecule has 2 heteroatoms. The fourth-order valence-corrected chi connectivity index (χ4v) is 2.04. The molecule has 0 atom stereocenters. The highest BCUT2D eigenvalue weighted by atomic mass is 14.9. The number of hydrogen-bond donors (Lipinski definition) is 0. The van der Waals surface area contributed by atoms with E-state index in [1.165, 1.54) is 5.56 Å². The molecule has 2 rings (SSSR count). The average Bonchev–Trinajstić information content (AvgIpc) is 2.26. The minimum absolute atomic E-state index is 0.00476. The summed E-state index contributed by atoms with van der Waals surface area (Å²) in [6.45, 7) is 10.9. The third-order valence-corrected chi connectivity index (χ3v) is 2.96. The van der Waals surface area contributed by atoms with Gasteiger partial charge < -0.3 is 0 Å². The Kier molecular flexibility index (Phi) is 3.38. The van der Waals surface area contributed by atoms with Crippen molar-refractivity contribution in [3.05, 3.63) is 35.8 Å². The number of nitrogens with zero attached hydrogens (tertiary/aromatic N) is 2. The van der Waals surface area contributed by atoms with Crippen LogP contribution in [0.5, 0.6) is 0 Å². The SMILES string of the molecule is CC(C)Cc1ccc2nc(C(C)(C)C)ncc2c1. The van der Waals surface area contributed by atoms with E-state index in [1.807, 2.05) is 6.20 Å². The predicted octanol–water partition coefficient (Wildman–Crippen LogP) is 4.13. The highest BCUT2D eigenvalue weighted by Gasteiger charge is 2.17. The first-order valence-corrected chi connectivity index (χ1v) is 6.62. The normalized spacial score (nSPS) is 12.3. The zero-order valence-corrected chi connectivity index (χ0v) is 12.0. The summed E-state index contributed by atoms with van der Waals surface area (Å²) in [6, 6.07) is 6.51. The Morgan fingerprint density at radius 3 is 2.50 bits per heavy atom. The number of aromatic nitrogens is 2. The van der Waals surface area contributed by atoms with Crippen LogP contribution in [-0.2, 0) is 11.8 Å². The molecule has 0 radical (unpaired) electrons. The zero-order valence-electron chi connectivity index (χ0n) is 12.0. The topological polar surface area (TPSA) is 25.8 Å². The van der Waals surface area contributed by atoms with Crippen molar-refractivity contribution in [2.75, 3.05) is 0 Å². The summed E-state index contributed by atoms with van der Waals surface area (Å²) in [5, 5.41) is 1.14. The molecule has 0 amide bonds. The molecule has 0 N–H and O–H groups in total. The van der Waals surface area contributed by atoms with Crippen LogP contribution in [0.1, 0.15) is 46.0 Å². The lowest BCUT2D eigenvalue weighted by atomic mass is 9.95. The van der Waals surface area contributed by atoms with Crippen molar-refractivity contribution in [2.24, 2.45) is 5.92 Å². The van der Waals surface area contributed by atoms with Crippen molar-refractivity contribution in [3.8, 4) is 0 Å². The van der Waals surface area contributed by atoms with Gasteiger partial charge in [0.1, 0.15) is 5.82 Å². The first-order chi connectivity index (χ1) is 8.36. The molecule has 1 heterocycles. The van der Waals surface area contributed by atoms with E-state index >= 15 is 0 Å². The minimum Gasteiger partial charge on any atom is -0.240 e. The molecule has 0 fully saturated rings. The van der Waals surface area contributed by atoms with Gasteiger partial charge in [0, 0.05) is 17.0 Å². The maximum Gasteiger partial charge on any atom is 0.134 e. The van der Waals surface area contributed by atoms with Crippen molar-refractivity contribution in [1.82, 2.24) is 9.97 Å². The number of rotatable bonds is 2. The molecule has 18 heavy (non-hydrogen) atoms. The van der Waals surface area contributed by atoms with E-state index in [-0.39, 0.29) is 5.41 Å². The molecule has 2 nitrogen and oxygen atoms in total. The molecule has 1 aromatic heterocycles. The Hall–Kier alpha value is -1.44. The van der Waals surface area contributed by atoms with E-state index < -0.39 is 0 Å². The van der Waals surface area contributed by atoms with Gasteiger partial charge in [-0.05, 0) is 30.0 Å². The monoisotopic (exact) mass is 242 g/mol. The number of fused-ring (bicyclic) bond motifs is 1. The van der Waals surface area contributed by atoms with Gasteiger partial charge in [-0.25, -0.2) is 9.97 Å². The van der Waals surface area contributed by atoms with Crippen LogP contribution < -0.4 is 0 Å². The van der Waals surface area contributed by atoms with E-state index in [1.54, 1.807) is 0 Å². The predicted molar refractivity (Wildman–Crippen MR) is 76.8 cm³/mol. The average molecular weight is 242 g/mol. The standard InChI is InChI=1S/C16H22N2/c1-11(2)8-12-6-7-14-13(9-12)10-17-15(18-14)16(3,4)5/h6-7,9-11H,8H2,1-5H3. The molecule has 1 aromatic carbocycles. The Labute approximate surface area is 109 Å². The lowest BCUT2D eigenvalue weighted by molar-refractivity contribution is 0.548. The Balaban J connectivity index is 2.42. The molecule has 2 aromatic rings. The summed E-state index contributed by atoms with van der Waals surface area (Å²) in [7, 11) is 0. The molecular weight excluding hydrogens is 220 g/mol. The third-order valence-electron chi connectivity index (χ3n) is 2.96. The van der Waals surface area contributed by atoms with E-state index in [4.69, 9.17) is 0 Å². The van der Waals surface area contributed by atoms with Crippen LogP contribution in [-0.4, -0.2) is 9.97 Å². The smallest absolute Gasteiger partial charge is 0.134 e. The van der Waals surface area contributed by atoms with Gasteiger partial charge in [0.25, 0.3) is 0 Å². The van der Waals surface area contributed by atoms with Gasteiger partial charge in [-0.3, -0.25) is 0 Å². The lowest BCUT2D eigenvalue weighted by Crippen LogP contribution is -2.15. The first-order valence-electron chi connectivity index (χ1n) is 6.62. The van der Waals surface area contributed by atoms with Gasteiger partial charge in [0.05, 0.1) is 5.52 Å². The molecule has 0 unspecified atom stereocenters. The fourth-order valence-electron chi connectivity index (χ4n) is 2.04. The van der Waals surface area contributed by atoms with Gasteiger partial charge in [-0.15, -0.1) is 0 Å². The minimum atomic E-state index is 0.00476. The summed E-state index contributed by atoms with van der Waals surface area (Å²) in [5.41, 5.74) is 2.41. The van der Waals surface area contributed by atoms with E-state index in [0.717, 1.165) is 23.1 Å². The molecule has 96 valence electrons. The van der Waals surface area contributed by atoms with E-state index in [0.29, 0.717) is 5.92 Å². The Morgan fingerprint density at radius 2 is 1.89 bits per heavy atom. The van der Waals surface area contributed by atoms with Gasteiger partial charge >= 0.3 is 0 Å². The highest BCUT2D eigenvalue weighted by molar-refractivity contribution is 5.78. The molecule has 0 saturated carbocycles. The van der Waals surface area contributed by atoms with Crippen molar-refractivity contribution in [3.63, 3.8) is 0 Å². The van der Waals surface area contributed by atoms with E-state index in [9.17, 15) is 0 Å². The molecular formula is C16H22N2. The van der Waals surface area contributed by atoms with Crippen molar-refractivity contribution in [1.29, 1.82) is 0 Å². The van der Waals surface area contributed by atoms with Crippen molar-refractivity contribution in [2.45, 2.75) is 46.5 Å². The molecule has 0 aliphatic carbocycles. The van der Waals surface area contributed by atoms with Crippen LogP contribution in [0.2, 0.25) is 0 Å². The van der Waals surface area contributed by atoms with Crippen LogP contribution in [0.25, 0.3) is 10.9 Å². The second kappa shape index (κ2) is 4.68. The number of hydrogen-bond acceptors (Lipinski definition) is 2. The van der Waals surface area contributed by atoms with Crippen LogP contribution in [0.15, 0.2) is 24.4 Å². The van der Waals surface area contributed by atoms with Crippen LogP contribution in [0.3, 0.4) is 0 Å². The molecule has 0 aliphatic rings. The van der Waals surface area contributed by atoms with Gasteiger partial charge in [-0.2, -0.15) is 0 Å². The zero-order chi connectivity index (χ0) is 13.3. The van der Waals surface area contributed by atoms with Gasteiger partial charge in [-0.1, -0.05) is 40.7 Å². The number of benzene rings is 1. The second-order valence-electron chi connectivity index (χ2n) is 6.43. The summed E-state index contributed by atoms with van der Waals surface area (Å²) in [5.74, 6) is 1.59. The van der Waals surface area contributed by atoms with Crippen LogP contribution in [0, 0.1) is 5.92 Å². The van der Waals surface area contributed by atoms with Crippen LogP contribution in [0.4, 0.5) is 0 Å². The molecule has 0 bridgehead atoms. The summed E-state index contributed by atoms with van der Waals surface area (Å²) >= 11 is 0. The van der Waals surface area contributed by atoms with Crippen LogP contribution >= 0.6 is 0 Å². The quantitative estimate of drug-likeness (QED) is 0.791. The van der Waals surface area contributed by atoms with E-state index in [2.05, 4.69) is 62.8 Å². The maximum absolute atomic E-state index is 4.66. The third kappa shape index (κ3) is 2.87. The summed E-state index contributed by atoms with van der Waals surface area (Å²) in [4.78, 5) is 9.14. The maximum atomic E-state index is 4.66. The fraction of sp³-hybridized carbons (Fsp3) is 0.500. The summed E-state index contributed by atoms with van der Waals surface area (Å²) in [6.07, 6.45) is 3.06. The molecule has 0 spiro atoms. The molecule has 0 saturated heterocycles. The van der Waals surface area contributed by atoms with Gasteiger partial charge in [0.15, 0.2) is 0 Å². The van der Waals surface area contributed by atoms with Crippen molar-refractivity contribution < 1.29 is 0 Å². The first kappa shape index (κ1) is 13.0. The largest absolute Gasteiger partial charge is 0.240 e. The van der Waals surface area contributed by atoms with Gasteiger partial charge in [0.2, 0.25) is 0 Å². The summed E-state index contributed by atoms with van der Waals surface area (Å²) < 4.78 is 0. The Bertz CT molecular complexity index is 551.